The predicted octanol–water partition coefficient (Wildman–Crippen LogP) is 11.7. The molecular weight excluding hydrogens is 624 g/mol. The van der Waals surface area contributed by atoms with Crippen LogP contribution in [0.25, 0.3) is 34.4 Å². The molecule has 0 spiro atoms. The molecule has 0 nitrogen and oxygen atoms in total. The van der Waals surface area contributed by atoms with Crippen LogP contribution in [0.2, 0.25) is 13.1 Å². The van der Waals surface area contributed by atoms with Crippen molar-refractivity contribution >= 4 is 18.1 Å². The molecule has 2 aliphatic rings. The monoisotopic (exact) mass is 671 g/mol. The van der Waals surface area contributed by atoms with Crippen LogP contribution in [0.3, 0.4) is 0 Å². The topological polar surface area (TPSA) is 0 Å². The SMILES string of the molecule is Cc1cccc(-c2cccc3c2C=C(C(C)C)[CH]3[Zr]([CH]2C(C(C)C)=Cc3c(-c4cccc(C)c4C)cccc32)[SiH](C)C)c1C. The first-order valence-electron chi connectivity index (χ1n) is 16.7. The van der Waals surface area contributed by atoms with Crippen LogP contribution < -0.4 is 0 Å². The number of hydrogen-bond acceptors (Lipinski definition) is 0. The molecule has 225 valence electrons. The fraction of sp³-hybridized carbons (Fsp3) is 0.333. The van der Waals surface area contributed by atoms with Gasteiger partial charge in [0.1, 0.15) is 0 Å². The molecule has 4 aromatic rings. The van der Waals surface area contributed by atoms with Gasteiger partial charge in [0.05, 0.1) is 0 Å². The van der Waals surface area contributed by atoms with Crippen molar-refractivity contribution in [2.45, 2.75) is 75.7 Å². The van der Waals surface area contributed by atoms with Crippen LogP contribution in [0.15, 0.2) is 83.9 Å². The maximum absolute atomic E-state index is 2.70. The van der Waals surface area contributed by atoms with Crippen molar-refractivity contribution < 1.29 is 20.9 Å². The van der Waals surface area contributed by atoms with Crippen LogP contribution in [-0.2, 0) is 20.9 Å². The van der Waals surface area contributed by atoms with E-state index in [1.54, 1.807) is 22.3 Å². The van der Waals surface area contributed by atoms with Crippen molar-refractivity contribution in [1.82, 2.24) is 0 Å². The molecule has 6 rings (SSSR count). The van der Waals surface area contributed by atoms with Gasteiger partial charge >= 0.3 is 277 Å². The third-order valence-corrected chi connectivity index (χ3v) is 32.2. The average molecular weight is 673 g/mol. The van der Waals surface area contributed by atoms with Crippen molar-refractivity contribution in [2.24, 2.45) is 11.8 Å². The van der Waals surface area contributed by atoms with E-state index < -0.39 is 26.8 Å². The summed E-state index contributed by atoms with van der Waals surface area (Å²) < 4.78 is 1.29. The molecule has 0 radical (unpaired) electrons. The molecule has 0 aliphatic heterocycles. The molecule has 2 aliphatic carbocycles. The van der Waals surface area contributed by atoms with Gasteiger partial charge in [0, 0.05) is 0 Å². The van der Waals surface area contributed by atoms with Gasteiger partial charge in [-0.05, 0) is 0 Å². The molecule has 0 saturated carbocycles. The molecule has 2 atom stereocenters. The molecule has 0 heterocycles. The van der Waals surface area contributed by atoms with E-state index in [1.165, 1.54) is 55.6 Å². The van der Waals surface area contributed by atoms with Crippen LogP contribution in [0.1, 0.15) is 79.5 Å². The molecule has 0 aromatic heterocycles. The van der Waals surface area contributed by atoms with E-state index in [-0.39, 0.29) is 0 Å². The van der Waals surface area contributed by atoms with Crippen LogP contribution in [0.5, 0.6) is 0 Å². The van der Waals surface area contributed by atoms with Crippen LogP contribution in [-0.4, -0.2) is 5.92 Å². The van der Waals surface area contributed by atoms with E-state index in [1.807, 2.05) is 0 Å². The minimum atomic E-state index is -2.21. The van der Waals surface area contributed by atoms with E-state index in [0.717, 1.165) is 0 Å². The van der Waals surface area contributed by atoms with Gasteiger partial charge in [-0.3, -0.25) is 0 Å². The average Bonchev–Trinajstić information content (AvgIpc) is 3.56. The normalized spacial score (nSPS) is 17.3. The van der Waals surface area contributed by atoms with Crippen molar-refractivity contribution in [3.05, 3.63) is 128 Å². The second-order valence-electron chi connectivity index (χ2n) is 14.2. The van der Waals surface area contributed by atoms with Gasteiger partial charge in [0.15, 0.2) is 0 Å². The Labute approximate surface area is 275 Å². The summed E-state index contributed by atoms with van der Waals surface area (Å²) in [7, 11) is 0. The third kappa shape index (κ3) is 5.25. The maximum atomic E-state index is 2.70. The van der Waals surface area contributed by atoms with E-state index in [4.69, 9.17) is 0 Å². The van der Waals surface area contributed by atoms with E-state index in [0.29, 0.717) is 19.1 Å². The zero-order valence-electron chi connectivity index (χ0n) is 28.5. The van der Waals surface area contributed by atoms with Crippen LogP contribution in [0, 0.1) is 39.5 Å². The third-order valence-electron chi connectivity index (χ3n) is 10.6. The van der Waals surface area contributed by atoms with E-state index in [2.05, 4.69) is 153 Å². The Bertz CT molecular complexity index is 1670. The van der Waals surface area contributed by atoms with Crippen LogP contribution >= 0.6 is 0 Å². The zero-order valence-corrected chi connectivity index (χ0v) is 32.1. The Morgan fingerprint density at radius 1 is 0.523 bits per heavy atom. The Hall–Kier alpha value is -2.54. The number of fused-ring (bicyclic) bond motifs is 2. The molecule has 0 bridgehead atoms. The summed E-state index contributed by atoms with van der Waals surface area (Å²) in [6.45, 7) is 24.3. The first-order valence-corrected chi connectivity index (χ1v) is 26.7. The number of aryl methyl sites for hydroxylation is 2. The van der Waals surface area contributed by atoms with Gasteiger partial charge in [-0.15, -0.1) is 0 Å². The molecule has 2 heteroatoms. The first kappa shape index (κ1) is 31.4. The molecular formula is C42H49SiZr. The Morgan fingerprint density at radius 2 is 0.886 bits per heavy atom. The van der Waals surface area contributed by atoms with Gasteiger partial charge in [-0.2, -0.15) is 0 Å². The number of hydrogen-bond donors (Lipinski definition) is 0. The molecule has 0 saturated heterocycles. The molecule has 0 N–H and O–H groups in total. The Kier molecular flexibility index (Phi) is 8.82. The summed E-state index contributed by atoms with van der Waals surface area (Å²) in [6, 6.07) is 28.2. The van der Waals surface area contributed by atoms with Crippen molar-refractivity contribution in [3.63, 3.8) is 0 Å². The summed E-state index contributed by atoms with van der Waals surface area (Å²) >= 11 is -2.21. The molecule has 4 aromatic carbocycles. The van der Waals surface area contributed by atoms with Crippen LogP contribution in [0.4, 0.5) is 0 Å². The first-order chi connectivity index (χ1) is 21.0. The van der Waals surface area contributed by atoms with Crippen molar-refractivity contribution in [3.8, 4) is 22.3 Å². The summed E-state index contributed by atoms with van der Waals surface area (Å²) in [5, 5.41) is 0. The van der Waals surface area contributed by atoms with Crippen molar-refractivity contribution in [2.75, 3.05) is 0 Å². The number of rotatable bonds is 7. The second kappa shape index (κ2) is 12.3. The zero-order chi connectivity index (χ0) is 31.4. The van der Waals surface area contributed by atoms with Gasteiger partial charge in [0.2, 0.25) is 0 Å². The fourth-order valence-corrected chi connectivity index (χ4v) is 31.3. The van der Waals surface area contributed by atoms with Gasteiger partial charge < -0.3 is 0 Å². The van der Waals surface area contributed by atoms with E-state index in [9.17, 15) is 0 Å². The van der Waals surface area contributed by atoms with Gasteiger partial charge in [0.25, 0.3) is 0 Å². The van der Waals surface area contributed by atoms with Crippen molar-refractivity contribution in [1.29, 1.82) is 0 Å². The van der Waals surface area contributed by atoms with Gasteiger partial charge in [-0.25, -0.2) is 0 Å². The summed E-state index contributed by atoms with van der Waals surface area (Å²) in [5.74, 6) is 0.135. The summed E-state index contributed by atoms with van der Waals surface area (Å²) in [6.07, 6.45) is 5.31. The Morgan fingerprint density at radius 3 is 1.25 bits per heavy atom. The number of benzene rings is 4. The quantitative estimate of drug-likeness (QED) is 0.171. The minimum absolute atomic E-state index is 0.552. The van der Waals surface area contributed by atoms with E-state index >= 15 is 0 Å². The fourth-order valence-electron chi connectivity index (χ4n) is 7.98. The molecule has 0 fully saturated rings. The molecule has 2 unspecified atom stereocenters. The Balaban J connectivity index is 1.55. The second-order valence-corrected chi connectivity index (χ2v) is 34.3. The molecule has 0 amide bonds. The summed E-state index contributed by atoms with van der Waals surface area (Å²) in [4.78, 5) is 0. The summed E-state index contributed by atoms with van der Waals surface area (Å²) in [5.41, 5.74) is 21.0. The number of allylic oxidation sites excluding steroid dienone is 2. The predicted molar refractivity (Wildman–Crippen MR) is 193 cm³/mol. The standard InChI is InChI=1S/2C20H21.C2H7Si.Zr/c2*1-13(2)17-11-16-8-6-10-19(20(16)12-17)18-9-5-7-14(3)15(18)4;1-3-2;/h2*5-13H,1-4H3;3H,1-2H3;. The van der Waals surface area contributed by atoms with Gasteiger partial charge in [-0.1, -0.05) is 0 Å². The molecule has 44 heavy (non-hydrogen) atoms.